The zero-order valence-electron chi connectivity index (χ0n) is 8.81. The third kappa shape index (κ3) is 2.67. The van der Waals surface area contributed by atoms with E-state index < -0.39 is 0 Å². The molecule has 0 aliphatic carbocycles. The average molecular weight is 217 g/mol. The molecule has 1 N–H and O–H groups in total. The molecule has 0 spiro atoms. The molecule has 2 heteroatoms. The molecule has 0 amide bonds. The lowest BCUT2D eigenvalue weighted by Crippen LogP contribution is -2.17. The van der Waals surface area contributed by atoms with Crippen LogP contribution in [0, 0.1) is 0 Å². The van der Waals surface area contributed by atoms with Gasteiger partial charge >= 0.3 is 0 Å². The molecule has 15 heavy (non-hydrogen) atoms. The fourth-order valence-corrected chi connectivity index (χ4v) is 2.52. The lowest BCUT2D eigenvalue weighted by atomic mass is 10.1. The van der Waals surface area contributed by atoms with E-state index in [1.807, 2.05) is 18.4 Å². The van der Waals surface area contributed by atoms with Crippen molar-refractivity contribution in [2.75, 3.05) is 7.05 Å². The van der Waals surface area contributed by atoms with E-state index in [0.29, 0.717) is 6.04 Å². The van der Waals surface area contributed by atoms with Gasteiger partial charge in [-0.2, -0.15) is 0 Å². The van der Waals surface area contributed by atoms with Gasteiger partial charge in [-0.15, -0.1) is 11.3 Å². The molecule has 0 aliphatic rings. The van der Waals surface area contributed by atoms with Crippen LogP contribution < -0.4 is 5.32 Å². The second-order valence-electron chi connectivity index (χ2n) is 3.55. The highest BCUT2D eigenvalue weighted by Gasteiger charge is 2.10. The SMILES string of the molecule is CNC(Cc1ccccc1)c1cccs1. The molecule has 0 saturated heterocycles. The Kier molecular flexibility index (Phi) is 3.54. The molecule has 1 aromatic carbocycles. The van der Waals surface area contributed by atoms with Crippen molar-refractivity contribution < 1.29 is 0 Å². The zero-order chi connectivity index (χ0) is 10.5. The summed E-state index contributed by atoms with van der Waals surface area (Å²) in [6.45, 7) is 0. The number of hydrogen-bond acceptors (Lipinski definition) is 2. The number of rotatable bonds is 4. The number of benzene rings is 1. The monoisotopic (exact) mass is 217 g/mol. The first-order valence-corrected chi connectivity index (χ1v) is 6.02. The molecular weight excluding hydrogens is 202 g/mol. The Morgan fingerprint density at radius 1 is 1.13 bits per heavy atom. The minimum atomic E-state index is 0.437. The summed E-state index contributed by atoms with van der Waals surface area (Å²) in [4.78, 5) is 1.40. The highest BCUT2D eigenvalue weighted by atomic mass is 32.1. The van der Waals surface area contributed by atoms with Crippen LogP contribution in [0.2, 0.25) is 0 Å². The topological polar surface area (TPSA) is 12.0 Å². The summed E-state index contributed by atoms with van der Waals surface area (Å²) >= 11 is 1.81. The van der Waals surface area contributed by atoms with Crippen molar-refractivity contribution in [2.24, 2.45) is 0 Å². The molecule has 0 fully saturated rings. The predicted octanol–water partition coefficient (Wildman–Crippen LogP) is 3.25. The van der Waals surface area contributed by atoms with Crippen LogP contribution in [0.15, 0.2) is 47.8 Å². The number of thiophene rings is 1. The average Bonchev–Trinajstić information content (AvgIpc) is 2.81. The largest absolute Gasteiger partial charge is 0.312 e. The van der Waals surface area contributed by atoms with E-state index in [2.05, 4.69) is 53.2 Å². The van der Waals surface area contributed by atoms with Gasteiger partial charge in [0.2, 0.25) is 0 Å². The molecular formula is C13H15NS. The third-order valence-electron chi connectivity index (χ3n) is 2.52. The normalized spacial score (nSPS) is 12.6. The van der Waals surface area contributed by atoms with Crippen LogP contribution in [0.4, 0.5) is 0 Å². The first-order chi connectivity index (χ1) is 7.40. The van der Waals surface area contributed by atoms with Gasteiger partial charge in [0, 0.05) is 10.9 Å². The minimum Gasteiger partial charge on any atom is -0.312 e. The summed E-state index contributed by atoms with van der Waals surface area (Å²) in [6, 6.07) is 15.3. The molecule has 1 atom stereocenters. The van der Waals surface area contributed by atoms with Crippen LogP contribution in [0.1, 0.15) is 16.5 Å². The quantitative estimate of drug-likeness (QED) is 0.829. The third-order valence-corrected chi connectivity index (χ3v) is 3.50. The number of nitrogens with one attached hydrogen (secondary N) is 1. The summed E-state index contributed by atoms with van der Waals surface area (Å²) < 4.78 is 0. The van der Waals surface area contributed by atoms with Crippen molar-refractivity contribution in [3.8, 4) is 0 Å². The van der Waals surface area contributed by atoms with E-state index in [9.17, 15) is 0 Å². The first kappa shape index (κ1) is 10.4. The summed E-state index contributed by atoms with van der Waals surface area (Å²) in [6.07, 6.45) is 1.05. The van der Waals surface area contributed by atoms with Gasteiger partial charge in [-0.05, 0) is 30.5 Å². The van der Waals surface area contributed by atoms with Crippen LogP contribution in [-0.2, 0) is 6.42 Å². The van der Waals surface area contributed by atoms with Crippen molar-refractivity contribution in [1.29, 1.82) is 0 Å². The Morgan fingerprint density at radius 3 is 2.53 bits per heavy atom. The van der Waals surface area contributed by atoms with Gasteiger partial charge in [0.05, 0.1) is 0 Å². The lowest BCUT2D eigenvalue weighted by Gasteiger charge is -2.14. The van der Waals surface area contributed by atoms with Gasteiger partial charge in [0.15, 0.2) is 0 Å². The molecule has 0 saturated carbocycles. The van der Waals surface area contributed by atoms with Crippen LogP contribution in [0.3, 0.4) is 0 Å². The molecule has 0 bridgehead atoms. The van der Waals surface area contributed by atoms with E-state index in [1.54, 1.807) is 0 Å². The Morgan fingerprint density at radius 2 is 1.93 bits per heavy atom. The number of likely N-dealkylation sites (N-methyl/N-ethyl adjacent to an activating group) is 1. The Bertz CT molecular complexity index is 380. The maximum absolute atomic E-state index is 3.36. The standard InChI is InChI=1S/C13H15NS/c1-14-12(13-8-5-9-15-13)10-11-6-3-2-4-7-11/h2-9,12,14H,10H2,1H3. The molecule has 1 nitrogen and oxygen atoms in total. The Balaban J connectivity index is 2.10. The van der Waals surface area contributed by atoms with Crippen molar-refractivity contribution >= 4 is 11.3 Å². The second-order valence-corrected chi connectivity index (χ2v) is 4.53. The van der Waals surface area contributed by atoms with E-state index in [1.165, 1.54) is 10.4 Å². The van der Waals surface area contributed by atoms with Crippen molar-refractivity contribution in [3.05, 3.63) is 58.3 Å². The van der Waals surface area contributed by atoms with Crippen LogP contribution >= 0.6 is 11.3 Å². The van der Waals surface area contributed by atoms with Crippen LogP contribution in [-0.4, -0.2) is 7.05 Å². The van der Waals surface area contributed by atoms with Gasteiger partial charge in [0.1, 0.15) is 0 Å². The summed E-state index contributed by atoms with van der Waals surface area (Å²) in [5.74, 6) is 0. The molecule has 2 rings (SSSR count). The highest BCUT2D eigenvalue weighted by molar-refractivity contribution is 7.10. The minimum absolute atomic E-state index is 0.437. The molecule has 78 valence electrons. The van der Waals surface area contributed by atoms with Crippen LogP contribution in [0.5, 0.6) is 0 Å². The number of hydrogen-bond donors (Lipinski definition) is 1. The maximum Gasteiger partial charge on any atom is 0.0453 e. The van der Waals surface area contributed by atoms with E-state index in [0.717, 1.165) is 6.42 Å². The fraction of sp³-hybridized carbons (Fsp3) is 0.231. The van der Waals surface area contributed by atoms with Crippen molar-refractivity contribution in [2.45, 2.75) is 12.5 Å². The van der Waals surface area contributed by atoms with Gasteiger partial charge in [-0.1, -0.05) is 36.4 Å². The maximum atomic E-state index is 3.36. The smallest absolute Gasteiger partial charge is 0.0453 e. The molecule has 1 unspecified atom stereocenters. The van der Waals surface area contributed by atoms with Gasteiger partial charge < -0.3 is 5.32 Å². The second kappa shape index (κ2) is 5.10. The Hall–Kier alpha value is -1.12. The summed E-state index contributed by atoms with van der Waals surface area (Å²) in [7, 11) is 2.02. The summed E-state index contributed by atoms with van der Waals surface area (Å²) in [5.41, 5.74) is 1.38. The lowest BCUT2D eigenvalue weighted by molar-refractivity contribution is 0.602. The van der Waals surface area contributed by atoms with E-state index in [4.69, 9.17) is 0 Å². The fourth-order valence-electron chi connectivity index (χ4n) is 1.68. The Labute approximate surface area is 94.8 Å². The zero-order valence-corrected chi connectivity index (χ0v) is 9.63. The molecule has 2 aromatic rings. The van der Waals surface area contributed by atoms with Gasteiger partial charge in [0.25, 0.3) is 0 Å². The van der Waals surface area contributed by atoms with Crippen molar-refractivity contribution in [1.82, 2.24) is 5.32 Å². The predicted molar refractivity (Wildman–Crippen MR) is 66.3 cm³/mol. The van der Waals surface area contributed by atoms with Gasteiger partial charge in [-0.3, -0.25) is 0 Å². The van der Waals surface area contributed by atoms with Gasteiger partial charge in [-0.25, -0.2) is 0 Å². The van der Waals surface area contributed by atoms with E-state index >= 15 is 0 Å². The first-order valence-electron chi connectivity index (χ1n) is 5.15. The summed E-state index contributed by atoms with van der Waals surface area (Å²) in [5, 5.41) is 5.49. The molecule has 1 aromatic heterocycles. The highest BCUT2D eigenvalue weighted by Crippen LogP contribution is 2.22. The van der Waals surface area contributed by atoms with E-state index in [-0.39, 0.29) is 0 Å². The molecule has 1 heterocycles. The van der Waals surface area contributed by atoms with Crippen LogP contribution in [0.25, 0.3) is 0 Å². The molecule has 0 aliphatic heterocycles. The molecule has 0 radical (unpaired) electrons. The van der Waals surface area contributed by atoms with Crippen molar-refractivity contribution in [3.63, 3.8) is 0 Å².